The van der Waals surface area contributed by atoms with Crippen LogP contribution in [0.4, 0.5) is 0 Å². The maximum atomic E-state index is 12.7. The third kappa shape index (κ3) is 47.5. The molecule has 1 atom stereocenters. The van der Waals surface area contributed by atoms with Gasteiger partial charge in [-0.1, -0.05) is 259 Å². The normalized spacial score (nSPS) is 12.1. The smallest absolute Gasteiger partial charge is 0.306 e. The van der Waals surface area contributed by atoms with Crippen LogP contribution >= 0.6 is 0 Å². The summed E-state index contributed by atoms with van der Waals surface area (Å²) in [5.41, 5.74) is 0. The molecule has 6 nitrogen and oxygen atoms in total. The molecule has 60 heavy (non-hydrogen) atoms. The van der Waals surface area contributed by atoms with Gasteiger partial charge in [-0.15, -0.1) is 0 Å². The lowest BCUT2D eigenvalue weighted by atomic mass is 10.0. The van der Waals surface area contributed by atoms with Crippen LogP contribution in [0.2, 0.25) is 0 Å². The fraction of sp³-hybridized carbons (Fsp3) is 0.944. The number of carbonyl (C=O) groups is 3. The van der Waals surface area contributed by atoms with Gasteiger partial charge in [0, 0.05) is 19.3 Å². The summed E-state index contributed by atoms with van der Waals surface area (Å²) in [4.78, 5) is 37.9. The van der Waals surface area contributed by atoms with E-state index in [9.17, 15) is 14.4 Å². The van der Waals surface area contributed by atoms with Crippen LogP contribution in [0.3, 0.4) is 0 Å². The second-order valence-electron chi connectivity index (χ2n) is 19.5. The van der Waals surface area contributed by atoms with E-state index in [0.29, 0.717) is 19.3 Å². The number of hydrogen-bond donors (Lipinski definition) is 0. The zero-order valence-corrected chi connectivity index (χ0v) is 41.1. The van der Waals surface area contributed by atoms with Crippen molar-refractivity contribution in [2.45, 2.75) is 304 Å². The van der Waals surface area contributed by atoms with E-state index in [4.69, 9.17) is 14.2 Å². The zero-order valence-electron chi connectivity index (χ0n) is 41.1. The molecule has 0 unspecified atom stereocenters. The fourth-order valence-electron chi connectivity index (χ4n) is 8.17. The molecule has 6 heteroatoms. The number of carbonyl (C=O) groups excluding carboxylic acids is 3. The van der Waals surface area contributed by atoms with E-state index >= 15 is 0 Å². The Kier molecular flexibility index (Phi) is 45.7. The molecule has 0 radical (unpaired) electrons. The molecule has 0 aliphatic heterocycles. The molecule has 0 saturated carbocycles. The molecule has 0 aromatic heterocycles. The summed E-state index contributed by atoms with van der Waals surface area (Å²) in [6, 6.07) is 0. The maximum absolute atomic E-state index is 12.7. The Hall–Kier alpha value is -1.59. The molecular weight excluding hydrogens is 745 g/mol. The van der Waals surface area contributed by atoms with E-state index in [2.05, 4.69) is 34.6 Å². The van der Waals surface area contributed by atoms with Crippen LogP contribution in [-0.4, -0.2) is 37.2 Å². The minimum Gasteiger partial charge on any atom is -0.462 e. The van der Waals surface area contributed by atoms with E-state index in [-0.39, 0.29) is 31.1 Å². The molecule has 0 N–H and O–H groups in total. The monoisotopic (exact) mass is 849 g/mol. The first-order valence-corrected chi connectivity index (χ1v) is 26.7. The Labute approximate surface area is 374 Å². The highest BCUT2D eigenvalue weighted by atomic mass is 16.6. The first-order valence-electron chi connectivity index (χ1n) is 26.7. The summed E-state index contributed by atoms with van der Waals surface area (Å²) in [5, 5.41) is 0. The van der Waals surface area contributed by atoms with Crippen LogP contribution in [0.5, 0.6) is 0 Å². The van der Waals surface area contributed by atoms with E-state index in [0.717, 1.165) is 69.6 Å². The van der Waals surface area contributed by atoms with Gasteiger partial charge in [0.1, 0.15) is 13.2 Å². The second kappa shape index (κ2) is 46.9. The quantitative estimate of drug-likeness (QED) is 0.0345. The highest BCUT2D eigenvalue weighted by Gasteiger charge is 2.19. The molecule has 0 aromatic carbocycles. The van der Waals surface area contributed by atoms with E-state index in [1.54, 1.807) is 0 Å². The van der Waals surface area contributed by atoms with Gasteiger partial charge < -0.3 is 14.2 Å². The SMILES string of the molecule is CCCCCCCCCCCCCCCCC(=O)OC[C@@H](COC(=O)CCCCCCCCCCCCCCCCCCC(C)C)OC(=O)CCCCCCCCC(C)C. The molecule has 0 saturated heterocycles. The van der Waals surface area contributed by atoms with Crippen LogP contribution in [0.25, 0.3) is 0 Å². The van der Waals surface area contributed by atoms with Crippen LogP contribution in [0, 0.1) is 11.8 Å². The lowest BCUT2D eigenvalue weighted by Crippen LogP contribution is -2.30. The second-order valence-corrected chi connectivity index (χ2v) is 19.5. The number of hydrogen-bond acceptors (Lipinski definition) is 6. The summed E-state index contributed by atoms with van der Waals surface area (Å²) >= 11 is 0. The van der Waals surface area contributed by atoms with Gasteiger partial charge in [-0.2, -0.15) is 0 Å². The van der Waals surface area contributed by atoms with Crippen LogP contribution in [0.1, 0.15) is 298 Å². The van der Waals surface area contributed by atoms with Gasteiger partial charge in [-0.3, -0.25) is 14.4 Å². The van der Waals surface area contributed by atoms with Crippen molar-refractivity contribution < 1.29 is 28.6 Å². The van der Waals surface area contributed by atoms with Crippen molar-refractivity contribution in [3.63, 3.8) is 0 Å². The van der Waals surface area contributed by atoms with Crippen molar-refractivity contribution in [1.29, 1.82) is 0 Å². The summed E-state index contributed by atoms with van der Waals surface area (Å²) in [5.74, 6) is 0.761. The molecule has 0 spiro atoms. The number of rotatable bonds is 48. The minimum atomic E-state index is -0.762. The van der Waals surface area contributed by atoms with Crippen LogP contribution in [0.15, 0.2) is 0 Å². The van der Waals surface area contributed by atoms with E-state index in [1.165, 1.54) is 186 Å². The van der Waals surface area contributed by atoms with E-state index in [1.807, 2.05) is 0 Å². The van der Waals surface area contributed by atoms with Crippen molar-refractivity contribution in [3.05, 3.63) is 0 Å². The average Bonchev–Trinajstić information content (AvgIpc) is 3.22. The van der Waals surface area contributed by atoms with Crippen molar-refractivity contribution in [2.24, 2.45) is 11.8 Å². The Bertz CT molecular complexity index is 916. The lowest BCUT2D eigenvalue weighted by Gasteiger charge is -2.18. The molecular formula is C54H104O6. The average molecular weight is 849 g/mol. The van der Waals surface area contributed by atoms with Crippen molar-refractivity contribution >= 4 is 17.9 Å². The lowest BCUT2D eigenvalue weighted by molar-refractivity contribution is -0.167. The number of ether oxygens (including phenoxy) is 3. The predicted molar refractivity (Wildman–Crippen MR) is 256 cm³/mol. The number of unbranched alkanes of at least 4 members (excludes halogenated alkanes) is 33. The van der Waals surface area contributed by atoms with Gasteiger partial charge in [0.15, 0.2) is 6.10 Å². The molecule has 0 bridgehead atoms. The van der Waals surface area contributed by atoms with Crippen LogP contribution in [-0.2, 0) is 28.6 Å². The molecule has 0 rings (SSSR count). The predicted octanol–water partition coefficient (Wildman–Crippen LogP) is 17.3. The first-order chi connectivity index (χ1) is 29.2. The van der Waals surface area contributed by atoms with Crippen molar-refractivity contribution in [3.8, 4) is 0 Å². The van der Waals surface area contributed by atoms with Crippen molar-refractivity contribution in [1.82, 2.24) is 0 Å². The molecule has 0 aliphatic carbocycles. The topological polar surface area (TPSA) is 78.9 Å². The van der Waals surface area contributed by atoms with Gasteiger partial charge in [0.25, 0.3) is 0 Å². The molecule has 0 fully saturated rings. The third-order valence-electron chi connectivity index (χ3n) is 12.2. The standard InChI is InChI=1S/C54H104O6/c1-6-7-8-9-10-11-12-13-19-22-25-28-34-39-44-52(55)58-47-51(60-54(57)46-41-36-31-30-33-38-43-50(4)5)48-59-53(56)45-40-35-29-26-23-20-17-15-14-16-18-21-24-27-32-37-42-49(2)3/h49-51H,6-48H2,1-5H3/t51-/m0/s1. The first kappa shape index (κ1) is 58.4. The highest BCUT2D eigenvalue weighted by Crippen LogP contribution is 2.18. The molecule has 0 aromatic rings. The van der Waals surface area contributed by atoms with Gasteiger partial charge in [0.05, 0.1) is 0 Å². The Balaban J connectivity index is 4.20. The molecule has 0 aliphatic rings. The van der Waals surface area contributed by atoms with Gasteiger partial charge in [-0.25, -0.2) is 0 Å². The Morgan fingerprint density at radius 2 is 0.550 bits per heavy atom. The van der Waals surface area contributed by atoms with Crippen LogP contribution < -0.4 is 0 Å². The van der Waals surface area contributed by atoms with Gasteiger partial charge >= 0.3 is 17.9 Å². The molecule has 356 valence electrons. The summed E-state index contributed by atoms with van der Waals surface area (Å²) in [6.07, 6.45) is 48.2. The van der Waals surface area contributed by atoms with Gasteiger partial charge in [0.2, 0.25) is 0 Å². The zero-order chi connectivity index (χ0) is 44.0. The Morgan fingerprint density at radius 1 is 0.317 bits per heavy atom. The van der Waals surface area contributed by atoms with Gasteiger partial charge in [-0.05, 0) is 31.1 Å². The summed E-state index contributed by atoms with van der Waals surface area (Å²) in [6.45, 7) is 11.3. The number of esters is 3. The Morgan fingerprint density at radius 3 is 0.817 bits per heavy atom. The van der Waals surface area contributed by atoms with E-state index < -0.39 is 6.10 Å². The van der Waals surface area contributed by atoms with Crippen molar-refractivity contribution in [2.75, 3.05) is 13.2 Å². The molecule has 0 amide bonds. The summed E-state index contributed by atoms with van der Waals surface area (Å²) < 4.78 is 16.8. The maximum Gasteiger partial charge on any atom is 0.306 e. The minimum absolute atomic E-state index is 0.0645. The fourth-order valence-corrected chi connectivity index (χ4v) is 8.17. The molecule has 0 heterocycles. The summed E-state index contributed by atoms with van der Waals surface area (Å²) in [7, 11) is 0. The third-order valence-corrected chi connectivity index (χ3v) is 12.2. The largest absolute Gasteiger partial charge is 0.462 e. The highest BCUT2D eigenvalue weighted by molar-refractivity contribution is 5.71.